The maximum Gasteiger partial charge on any atom is 0.306 e. The van der Waals surface area contributed by atoms with Gasteiger partial charge in [0.1, 0.15) is 6.10 Å². The van der Waals surface area contributed by atoms with Crippen molar-refractivity contribution < 1.29 is 24.5 Å². The molecule has 6 nitrogen and oxygen atoms in total. The summed E-state index contributed by atoms with van der Waals surface area (Å²) in [5, 5.41) is 23.7. The second kappa shape index (κ2) is 44.2. The Kier molecular flexibility index (Phi) is 42.7. The van der Waals surface area contributed by atoms with E-state index in [1.165, 1.54) is 116 Å². The minimum atomic E-state index is -0.789. The van der Waals surface area contributed by atoms with E-state index in [1.807, 2.05) is 0 Å². The minimum absolute atomic E-state index is 0.0655. The van der Waals surface area contributed by atoms with Crippen molar-refractivity contribution in [1.82, 2.24) is 5.32 Å². The Morgan fingerprint density at radius 2 is 0.911 bits per heavy atom. The summed E-state index contributed by atoms with van der Waals surface area (Å²) in [5.41, 5.74) is 0. The quantitative estimate of drug-likeness (QED) is 0.0325. The van der Waals surface area contributed by atoms with E-state index in [0.717, 1.165) is 83.5 Å². The lowest BCUT2D eigenvalue weighted by Crippen LogP contribution is -2.46. The number of hydrogen-bond acceptors (Lipinski definition) is 5. The fourth-order valence-electron chi connectivity index (χ4n) is 7.26. The van der Waals surface area contributed by atoms with Gasteiger partial charge in [-0.3, -0.25) is 9.59 Å². The number of aliphatic hydroxyl groups excluding tert-OH is 2. The Morgan fingerprint density at radius 3 is 1.41 bits per heavy atom. The van der Waals surface area contributed by atoms with E-state index >= 15 is 0 Å². The molecule has 3 unspecified atom stereocenters. The Labute approximate surface area is 347 Å². The zero-order valence-electron chi connectivity index (χ0n) is 37.3. The van der Waals surface area contributed by atoms with Crippen LogP contribution in [0.25, 0.3) is 0 Å². The number of amides is 1. The van der Waals surface area contributed by atoms with Gasteiger partial charge in [-0.25, -0.2) is 0 Å². The summed E-state index contributed by atoms with van der Waals surface area (Å²) in [6, 6.07) is -0.704. The number of carbonyl (C=O) groups is 2. The summed E-state index contributed by atoms with van der Waals surface area (Å²) >= 11 is 0. The summed E-state index contributed by atoms with van der Waals surface area (Å²) < 4.78 is 5.90. The van der Waals surface area contributed by atoms with Crippen molar-refractivity contribution in [3.8, 4) is 0 Å². The van der Waals surface area contributed by atoms with Gasteiger partial charge in [0, 0.05) is 6.42 Å². The van der Waals surface area contributed by atoms with E-state index < -0.39 is 18.2 Å². The van der Waals surface area contributed by atoms with Crippen LogP contribution in [0.15, 0.2) is 36.5 Å². The lowest BCUT2D eigenvalue weighted by atomic mass is 10.0. The van der Waals surface area contributed by atoms with Gasteiger partial charge in [0.05, 0.1) is 25.2 Å². The number of unbranched alkanes of at least 4 members (excludes halogenated alkanes) is 25. The molecule has 0 aliphatic rings. The van der Waals surface area contributed by atoms with Gasteiger partial charge in [0.2, 0.25) is 5.91 Å². The molecular weight excluding hydrogens is 695 g/mol. The molecule has 0 bridgehead atoms. The number of esters is 1. The van der Waals surface area contributed by atoms with Crippen LogP contribution in [0.2, 0.25) is 0 Å². The minimum Gasteiger partial charge on any atom is -0.462 e. The fraction of sp³-hybridized carbons (Fsp3) is 0.840. The Hall–Kier alpha value is -1.92. The third kappa shape index (κ3) is 38.9. The van der Waals surface area contributed by atoms with Gasteiger partial charge in [-0.2, -0.15) is 0 Å². The lowest BCUT2D eigenvalue weighted by molar-refractivity contribution is -0.151. The molecule has 6 heteroatoms. The first kappa shape index (κ1) is 54.1. The molecular formula is C50H93NO5. The summed E-state index contributed by atoms with van der Waals surface area (Å²) in [5.74, 6) is -0.492. The number of hydrogen-bond donors (Lipinski definition) is 3. The zero-order valence-corrected chi connectivity index (χ0v) is 37.3. The van der Waals surface area contributed by atoms with Gasteiger partial charge in [0.25, 0.3) is 0 Å². The SMILES string of the molecule is CCCCC/C=C\C/C=C\C/C=C\CCCCCCC(CC(=O)NC(CO)C(O)CCCCCCCCCCCCC)OC(=O)CCCCCCCCCCC. The highest BCUT2D eigenvalue weighted by molar-refractivity contribution is 5.77. The molecule has 3 N–H and O–H groups in total. The molecule has 328 valence electrons. The van der Waals surface area contributed by atoms with E-state index in [0.29, 0.717) is 19.3 Å². The highest BCUT2D eigenvalue weighted by atomic mass is 16.5. The van der Waals surface area contributed by atoms with Crippen LogP contribution in [0.3, 0.4) is 0 Å². The van der Waals surface area contributed by atoms with Gasteiger partial charge in [-0.1, -0.05) is 205 Å². The number of aliphatic hydroxyl groups is 2. The van der Waals surface area contributed by atoms with E-state index in [9.17, 15) is 19.8 Å². The molecule has 0 saturated carbocycles. The zero-order chi connectivity index (χ0) is 41.0. The molecule has 0 saturated heterocycles. The first-order chi connectivity index (χ1) is 27.5. The molecule has 0 fully saturated rings. The molecule has 56 heavy (non-hydrogen) atoms. The highest BCUT2D eigenvalue weighted by Crippen LogP contribution is 2.17. The normalized spacial score (nSPS) is 13.6. The van der Waals surface area contributed by atoms with Gasteiger partial charge < -0.3 is 20.3 Å². The first-order valence-electron chi connectivity index (χ1n) is 24.2. The highest BCUT2D eigenvalue weighted by Gasteiger charge is 2.24. The second-order valence-corrected chi connectivity index (χ2v) is 16.5. The topological polar surface area (TPSA) is 95.9 Å². The third-order valence-electron chi connectivity index (χ3n) is 11.0. The molecule has 0 heterocycles. The monoisotopic (exact) mass is 788 g/mol. The van der Waals surface area contributed by atoms with Crippen LogP contribution in [-0.4, -0.2) is 46.9 Å². The van der Waals surface area contributed by atoms with Crippen molar-refractivity contribution in [3.63, 3.8) is 0 Å². The summed E-state index contributed by atoms with van der Waals surface area (Å²) in [6.45, 7) is 6.42. The Morgan fingerprint density at radius 1 is 0.518 bits per heavy atom. The van der Waals surface area contributed by atoms with Gasteiger partial charge in [-0.15, -0.1) is 0 Å². The molecule has 0 aliphatic heterocycles. The molecule has 0 aromatic carbocycles. The van der Waals surface area contributed by atoms with Crippen LogP contribution in [0.5, 0.6) is 0 Å². The molecule has 0 aliphatic carbocycles. The second-order valence-electron chi connectivity index (χ2n) is 16.5. The van der Waals surface area contributed by atoms with Gasteiger partial charge in [0.15, 0.2) is 0 Å². The van der Waals surface area contributed by atoms with Crippen LogP contribution in [0.1, 0.15) is 245 Å². The number of allylic oxidation sites excluding steroid dienone is 6. The van der Waals surface area contributed by atoms with Crippen LogP contribution < -0.4 is 5.32 Å². The van der Waals surface area contributed by atoms with Crippen LogP contribution >= 0.6 is 0 Å². The molecule has 0 radical (unpaired) electrons. The summed E-state index contributed by atoms with van der Waals surface area (Å²) in [7, 11) is 0. The third-order valence-corrected chi connectivity index (χ3v) is 11.0. The number of nitrogens with one attached hydrogen (secondary N) is 1. The van der Waals surface area contributed by atoms with E-state index in [4.69, 9.17) is 4.74 Å². The predicted octanol–water partition coefficient (Wildman–Crippen LogP) is 14.1. The Balaban J connectivity index is 4.61. The van der Waals surface area contributed by atoms with Crippen molar-refractivity contribution >= 4 is 11.9 Å². The number of ether oxygens (including phenoxy) is 1. The summed E-state index contributed by atoms with van der Waals surface area (Å²) in [6.07, 6.45) is 50.6. The molecule has 0 rings (SSSR count). The van der Waals surface area contributed by atoms with Gasteiger partial charge >= 0.3 is 5.97 Å². The smallest absolute Gasteiger partial charge is 0.306 e. The maximum atomic E-state index is 13.1. The predicted molar refractivity (Wildman–Crippen MR) is 241 cm³/mol. The van der Waals surface area contributed by atoms with Crippen LogP contribution in [-0.2, 0) is 14.3 Å². The van der Waals surface area contributed by atoms with Gasteiger partial charge in [-0.05, 0) is 64.2 Å². The molecule has 1 amide bonds. The first-order valence-corrected chi connectivity index (χ1v) is 24.2. The standard InChI is InChI=1S/C50H93NO5/c1-4-7-10-13-16-19-21-22-23-24-25-26-28-30-32-35-38-41-46(56-50(55)43-40-37-34-29-18-15-12-9-6-3)44-49(54)51-47(45-52)48(53)42-39-36-33-31-27-20-17-14-11-8-5-2/h16,19,22-23,25-26,46-48,52-53H,4-15,17-18,20-21,24,27-45H2,1-3H3,(H,51,54)/b19-16-,23-22-,26-25-. The molecule has 0 aromatic rings. The van der Waals surface area contributed by atoms with Crippen molar-refractivity contribution in [3.05, 3.63) is 36.5 Å². The van der Waals surface area contributed by atoms with Crippen molar-refractivity contribution in [1.29, 1.82) is 0 Å². The van der Waals surface area contributed by atoms with Crippen molar-refractivity contribution in [2.75, 3.05) is 6.61 Å². The fourth-order valence-corrected chi connectivity index (χ4v) is 7.26. The Bertz CT molecular complexity index is 930. The average Bonchev–Trinajstić information content (AvgIpc) is 3.19. The van der Waals surface area contributed by atoms with Crippen LogP contribution in [0, 0.1) is 0 Å². The molecule has 0 aromatic heterocycles. The van der Waals surface area contributed by atoms with Crippen molar-refractivity contribution in [2.24, 2.45) is 0 Å². The van der Waals surface area contributed by atoms with Crippen molar-refractivity contribution in [2.45, 2.75) is 264 Å². The lowest BCUT2D eigenvalue weighted by Gasteiger charge is -2.24. The number of carbonyl (C=O) groups excluding carboxylic acids is 2. The van der Waals surface area contributed by atoms with Crippen LogP contribution in [0.4, 0.5) is 0 Å². The maximum absolute atomic E-state index is 13.1. The van der Waals surface area contributed by atoms with E-state index in [-0.39, 0.29) is 24.9 Å². The largest absolute Gasteiger partial charge is 0.462 e. The molecule has 0 spiro atoms. The van der Waals surface area contributed by atoms with E-state index in [1.54, 1.807) is 0 Å². The molecule has 3 atom stereocenters. The van der Waals surface area contributed by atoms with E-state index in [2.05, 4.69) is 62.5 Å². The average molecular weight is 788 g/mol. The number of rotatable bonds is 43. The summed E-state index contributed by atoms with van der Waals surface area (Å²) in [4.78, 5) is 26.0.